The van der Waals surface area contributed by atoms with Crippen LogP contribution in [0.3, 0.4) is 0 Å². The van der Waals surface area contributed by atoms with E-state index in [-0.39, 0.29) is 11.1 Å². The minimum atomic E-state index is -3.72. The van der Waals surface area contributed by atoms with E-state index >= 15 is 0 Å². The average molecular weight is 341 g/mol. The number of carbonyl (C=O) groups excluding carboxylic acids is 1. The highest BCUT2D eigenvalue weighted by molar-refractivity contribution is 5.94. The lowest BCUT2D eigenvalue weighted by atomic mass is 9.94. The molecule has 0 aliphatic rings. The van der Waals surface area contributed by atoms with Crippen LogP contribution in [0, 0.1) is 18.6 Å². The number of aryl methyl sites for hydroxylation is 1. The molecule has 0 saturated heterocycles. The Labute approximate surface area is 135 Å². The first-order valence-electron chi connectivity index (χ1n) is 7.04. The summed E-state index contributed by atoms with van der Waals surface area (Å²) in [6, 6.07) is 5.95. The minimum Gasteiger partial charge on any atom is -0.386 e. The van der Waals surface area contributed by atoms with Gasteiger partial charge in [-0.15, -0.1) is 0 Å². The topological polar surface area (TPSA) is 63.3 Å². The largest absolute Gasteiger partial charge is 0.386 e. The van der Waals surface area contributed by atoms with Crippen molar-refractivity contribution in [2.45, 2.75) is 25.4 Å². The van der Waals surface area contributed by atoms with Gasteiger partial charge in [-0.1, -0.05) is 24.3 Å². The number of carbonyl (C=O) groups is 1. The standard InChI is InChI=1S/C17H15F4NO2/c1-9-2-3-10(15(19)14(9)16(22)24)8-13(23)17(20,21)11-4-6-12(18)7-5-11/h2-7,13,23H,8H2,1H3,(H2,22,24). The normalized spacial score (nSPS) is 12.9. The Balaban J connectivity index is 2.32. The number of alkyl halides is 2. The van der Waals surface area contributed by atoms with Gasteiger partial charge in [0.2, 0.25) is 0 Å². The molecule has 3 N–H and O–H groups in total. The minimum absolute atomic E-state index is 0.260. The van der Waals surface area contributed by atoms with Crippen LogP contribution >= 0.6 is 0 Å². The summed E-state index contributed by atoms with van der Waals surface area (Å²) in [5, 5.41) is 9.85. The predicted molar refractivity (Wildman–Crippen MR) is 79.7 cm³/mol. The highest BCUT2D eigenvalue weighted by atomic mass is 19.3. The van der Waals surface area contributed by atoms with E-state index in [1.807, 2.05) is 0 Å². The van der Waals surface area contributed by atoms with Crippen LogP contribution in [0.5, 0.6) is 0 Å². The Morgan fingerprint density at radius 2 is 1.75 bits per heavy atom. The lowest BCUT2D eigenvalue weighted by Gasteiger charge is -2.23. The van der Waals surface area contributed by atoms with Crippen molar-refractivity contribution in [3.05, 3.63) is 70.3 Å². The first-order chi connectivity index (χ1) is 11.1. The van der Waals surface area contributed by atoms with Crippen LogP contribution in [0.25, 0.3) is 0 Å². The summed E-state index contributed by atoms with van der Waals surface area (Å²) in [5.74, 6) is -6.47. The molecule has 128 valence electrons. The van der Waals surface area contributed by atoms with Crippen molar-refractivity contribution in [2.75, 3.05) is 0 Å². The summed E-state index contributed by atoms with van der Waals surface area (Å²) in [7, 11) is 0. The maximum atomic E-state index is 14.3. The molecule has 0 spiro atoms. The molecule has 0 radical (unpaired) electrons. The third kappa shape index (κ3) is 3.41. The number of aliphatic hydroxyl groups excluding tert-OH is 1. The monoisotopic (exact) mass is 341 g/mol. The van der Waals surface area contributed by atoms with E-state index in [1.165, 1.54) is 19.1 Å². The number of hydrogen-bond acceptors (Lipinski definition) is 2. The third-order valence-electron chi connectivity index (χ3n) is 3.74. The van der Waals surface area contributed by atoms with Crippen LogP contribution in [-0.4, -0.2) is 17.1 Å². The van der Waals surface area contributed by atoms with Crippen molar-refractivity contribution >= 4 is 5.91 Å². The second-order valence-electron chi connectivity index (χ2n) is 5.44. The van der Waals surface area contributed by atoms with E-state index in [0.717, 1.165) is 24.3 Å². The average Bonchev–Trinajstić information content (AvgIpc) is 2.50. The van der Waals surface area contributed by atoms with Crippen LogP contribution in [-0.2, 0) is 12.3 Å². The van der Waals surface area contributed by atoms with Crippen LogP contribution < -0.4 is 5.73 Å². The number of halogens is 4. The van der Waals surface area contributed by atoms with Gasteiger partial charge in [-0.3, -0.25) is 4.79 Å². The van der Waals surface area contributed by atoms with Gasteiger partial charge in [0.1, 0.15) is 17.7 Å². The number of amides is 1. The van der Waals surface area contributed by atoms with Gasteiger partial charge in [0.15, 0.2) is 0 Å². The summed E-state index contributed by atoms with van der Waals surface area (Å²) >= 11 is 0. The molecule has 0 bridgehead atoms. The van der Waals surface area contributed by atoms with E-state index in [4.69, 9.17) is 5.73 Å². The summed E-state index contributed by atoms with van der Waals surface area (Å²) in [4.78, 5) is 11.3. The van der Waals surface area contributed by atoms with Crippen molar-refractivity contribution in [1.82, 2.24) is 0 Å². The van der Waals surface area contributed by atoms with Gasteiger partial charge in [0.05, 0.1) is 5.56 Å². The zero-order valence-electron chi connectivity index (χ0n) is 12.7. The fourth-order valence-electron chi connectivity index (χ4n) is 2.38. The Morgan fingerprint density at radius 1 is 1.17 bits per heavy atom. The van der Waals surface area contributed by atoms with E-state index in [0.29, 0.717) is 0 Å². The first-order valence-corrected chi connectivity index (χ1v) is 7.04. The van der Waals surface area contributed by atoms with Crippen molar-refractivity contribution in [3.63, 3.8) is 0 Å². The fourth-order valence-corrected chi connectivity index (χ4v) is 2.38. The predicted octanol–water partition coefficient (Wildman–Crippen LogP) is 3.07. The van der Waals surface area contributed by atoms with Crippen LogP contribution in [0.4, 0.5) is 17.6 Å². The highest BCUT2D eigenvalue weighted by Gasteiger charge is 2.40. The van der Waals surface area contributed by atoms with E-state index < -0.39 is 47.1 Å². The van der Waals surface area contributed by atoms with Crippen LogP contribution in [0.1, 0.15) is 27.0 Å². The number of nitrogens with two attached hydrogens (primary N) is 1. The van der Waals surface area contributed by atoms with Crippen LogP contribution in [0.15, 0.2) is 36.4 Å². The van der Waals surface area contributed by atoms with Gasteiger partial charge in [0, 0.05) is 12.0 Å². The second kappa shape index (κ2) is 6.60. The third-order valence-corrected chi connectivity index (χ3v) is 3.74. The molecular weight excluding hydrogens is 326 g/mol. The Bertz CT molecular complexity index is 760. The smallest absolute Gasteiger partial charge is 0.298 e. The maximum Gasteiger partial charge on any atom is 0.298 e. The quantitative estimate of drug-likeness (QED) is 0.821. The maximum absolute atomic E-state index is 14.3. The molecule has 1 unspecified atom stereocenters. The van der Waals surface area contributed by atoms with E-state index in [1.54, 1.807) is 0 Å². The summed E-state index contributed by atoms with van der Waals surface area (Å²) < 4.78 is 55.6. The number of primary amides is 1. The van der Waals surface area contributed by atoms with Gasteiger partial charge in [-0.25, -0.2) is 8.78 Å². The molecule has 7 heteroatoms. The van der Waals surface area contributed by atoms with Gasteiger partial charge in [-0.2, -0.15) is 8.78 Å². The first kappa shape index (κ1) is 17.9. The van der Waals surface area contributed by atoms with Crippen molar-refractivity contribution in [3.8, 4) is 0 Å². The lowest BCUT2D eigenvalue weighted by molar-refractivity contribution is -0.114. The van der Waals surface area contributed by atoms with E-state index in [9.17, 15) is 27.5 Å². The molecule has 0 saturated carbocycles. The SMILES string of the molecule is Cc1ccc(CC(O)C(F)(F)c2ccc(F)cc2)c(F)c1C(N)=O. The number of hydrogen-bond donors (Lipinski definition) is 2. The molecule has 0 aromatic heterocycles. The lowest BCUT2D eigenvalue weighted by Crippen LogP contribution is -2.33. The Morgan fingerprint density at radius 3 is 2.29 bits per heavy atom. The molecule has 1 amide bonds. The van der Waals surface area contributed by atoms with Gasteiger partial charge in [-0.05, 0) is 30.2 Å². The molecule has 0 heterocycles. The van der Waals surface area contributed by atoms with Crippen molar-refractivity contribution in [2.24, 2.45) is 5.73 Å². The number of benzene rings is 2. The molecule has 2 rings (SSSR count). The zero-order chi connectivity index (χ0) is 18.1. The number of aliphatic hydroxyl groups is 1. The Kier molecular flexibility index (Phi) is 4.94. The fraction of sp³-hybridized carbons (Fsp3) is 0.235. The van der Waals surface area contributed by atoms with E-state index in [2.05, 4.69) is 0 Å². The van der Waals surface area contributed by atoms with Gasteiger partial charge in [0.25, 0.3) is 11.8 Å². The second-order valence-corrected chi connectivity index (χ2v) is 5.44. The number of rotatable bonds is 5. The molecular formula is C17H15F4NO2. The molecule has 0 aliphatic carbocycles. The van der Waals surface area contributed by atoms with Gasteiger partial charge < -0.3 is 10.8 Å². The van der Waals surface area contributed by atoms with Crippen molar-refractivity contribution < 1.29 is 27.5 Å². The highest BCUT2D eigenvalue weighted by Crippen LogP contribution is 2.34. The molecule has 3 nitrogen and oxygen atoms in total. The molecule has 1 atom stereocenters. The zero-order valence-corrected chi connectivity index (χ0v) is 12.7. The summed E-state index contributed by atoms with van der Waals surface area (Å²) in [5.41, 5.74) is 4.09. The molecule has 2 aromatic carbocycles. The molecule has 0 fully saturated rings. The van der Waals surface area contributed by atoms with Gasteiger partial charge >= 0.3 is 0 Å². The summed E-state index contributed by atoms with van der Waals surface area (Å²) in [6.07, 6.45) is -3.00. The molecule has 24 heavy (non-hydrogen) atoms. The summed E-state index contributed by atoms with van der Waals surface area (Å²) in [6.45, 7) is 1.45. The Hall–Kier alpha value is -2.41. The molecule has 0 aliphatic heterocycles. The molecule has 2 aromatic rings. The van der Waals surface area contributed by atoms with Crippen LogP contribution in [0.2, 0.25) is 0 Å². The van der Waals surface area contributed by atoms with Crippen molar-refractivity contribution in [1.29, 1.82) is 0 Å².